The lowest BCUT2D eigenvalue weighted by molar-refractivity contribution is 0.186. The largest absolute Gasteiger partial charge is 0.516 e. The van der Waals surface area contributed by atoms with Crippen molar-refractivity contribution in [3.8, 4) is 0 Å². The minimum atomic E-state index is -0.125. The van der Waals surface area contributed by atoms with Gasteiger partial charge in [-0.15, -0.1) is 0 Å². The summed E-state index contributed by atoms with van der Waals surface area (Å²) in [7, 11) is 0. The van der Waals surface area contributed by atoms with Crippen LogP contribution in [-0.4, -0.2) is 28.5 Å². The van der Waals surface area contributed by atoms with Gasteiger partial charge in [0, 0.05) is 0 Å². The molecule has 0 aliphatic rings. The second-order valence-electron chi connectivity index (χ2n) is 0.630. The highest BCUT2D eigenvalue weighted by atomic mass is 16.3. The van der Waals surface area contributed by atoms with Crippen LogP contribution in [0.1, 0.15) is 0 Å². The van der Waals surface area contributed by atoms with Crippen molar-refractivity contribution >= 4 is 0 Å². The molecule has 0 amide bonds. The molecule has 44 valence electrons. The summed E-state index contributed by atoms with van der Waals surface area (Å²) in [6.45, 7) is 2.67. The third kappa shape index (κ3) is 309. The van der Waals surface area contributed by atoms with Gasteiger partial charge in [0.2, 0.25) is 0 Å². The van der Waals surface area contributed by atoms with Gasteiger partial charge in [0.25, 0.3) is 0 Å². The van der Waals surface area contributed by atoms with E-state index in [0.717, 1.165) is 6.26 Å². The molecule has 0 aliphatic carbocycles. The zero-order chi connectivity index (χ0) is 6.12. The van der Waals surface area contributed by atoms with E-state index in [4.69, 9.17) is 15.3 Å². The van der Waals surface area contributed by atoms with Crippen molar-refractivity contribution in [3.63, 3.8) is 0 Å². The van der Waals surface area contributed by atoms with Crippen LogP contribution in [0.2, 0.25) is 0 Å². The second kappa shape index (κ2) is 17.9. The molecule has 0 rings (SSSR count). The van der Waals surface area contributed by atoms with Crippen molar-refractivity contribution in [2.75, 3.05) is 13.2 Å². The Morgan fingerprint density at radius 3 is 1.43 bits per heavy atom. The van der Waals surface area contributed by atoms with Crippen LogP contribution in [0.4, 0.5) is 0 Å². The van der Waals surface area contributed by atoms with E-state index in [1.165, 1.54) is 0 Å². The number of aliphatic hydroxyl groups excluding tert-OH is 3. The first kappa shape index (κ1) is 9.68. The van der Waals surface area contributed by atoms with Crippen molar-refractivity contribution in [1.29, 1.82) is 0 Å². The zero-order valence-corrected chi connectivity index (χ0v) is 4.04. The predicted molar refractivity (Wildman–Crippen MR) is 27.0 cm³/mol. The molecule has 0 saturated carbocycles. The molecule has 0 aromatic carbocycles. The van der Waals surface area contributed by atoms with Crippen LogP contribution in [0.25, 0.3) is 0 Å². The molecule has 0 atom stereocenters. The molecule has 0 saturated heterocycles. The van der Waals surface area contributed by atoms with E-state index in [2.05, 4.69) is 6.58 Å². The van der Waals surface area contributed by atoms with Gasteiger partial charge in [-0.3, -0.25) is 0 Å². The van der Waals surface area contributed by atoms with Crippen molar-refractivity contribution in [1.82, 2.24) is 0 Å². The Hall–Kier alpha value is -0.540. The predicted octanol–water partition coefficient (Wildman–Crippen LogP) is -0.341. The molecule has 0 heterocycles. The van der Waals surface area contributed by atoms with E-state index in [9.17, 15) is 0 Å². The molecule has 0 aromatic heterocycles. The number of hydrogen-bond acceptors (Lipinski definition) is 3. The van der Waals surface area contributed by atoms with E-state index in [0.29, 0.717) is 0 Å². The van der Waals surface area contributed by atoms with Crippen molar-refractivity contribution in [2.45, 2.75) is 0 Å². The fraction of sp³-hybridized carbons (Fsp3) is 0.500. The van der Waals surface area contributed by atoms with Crippen LogP contribution < -0.4 is 0 Å². The highest BCUT2D eigenvalue weighted by Crippen LogP contribution is 1.39. The normalized spacial score (nSPS) is 6.00. The summed E-state index contributed by atoms with van der Waals surface area (Å²) in [6, 6.07) is 0. The Morgan fingerprint density at radius 2 is 1.43 bits per heavy atom. The standard InChI is InChI=1S/C2H6O2.C2H4O/c3-1-2-4;1-2-3/h3-4H,1-2H2;2-3H,1H2. The SMILES string of the molecule is C=CO.OCCO. The lowest BCUT2D eigenvalue weighted by atomic mass is 10.8. The third-order valence-electron chi connectivity index (χ3n) is 0.1000. The van der Waals surface area contributed by atoms with Crippen LogP contribution in [0.15, 0.2) is 12.8 Å². The average molecular weight is 106 g/mol. The Morgan fingerprint density at radius 1 is 1.29 bits per heavy atom. The summed E-state index contributed by atoms with van der Waals surface area (Å²) in [5.41, 5.74) is 0. The van der Waals surface area contributed by atoms with Crippen LogP contribution in [-0.2, 0) is 0 Å². The highest BCUT2D eigenvalue weighted by molar-refractivity contribution is 4.38. The molecule has 0 aromatic rings. The maximum absolute atomic E-state index is 7.62. The summed E-state index contributed by atoms with van der Waals surface area (Å²) < 4.78 is 0. The van der Waals surface area contributed by atoms with Crippen LogP contribution in [0.5, 0.6) is 0 Å². The van der Waals surface area contributed by atoms with Gasteiger partial charge < -0.3 is 15.3 Å². The molecular formula is C4H10O3. The maximum atomic E-state index is 7.62. The van der Waals surface area contributed by atoms with Gasteiger partial charge in [-0.1, -0.05) is 6.58 Å². The van der Waals surface area contributed by atoms with Gasteiger partial charge in [-0.25, -0.2) is 0 Å². The van der Waals surface area contributed by atoms with Gasteiger partial charge in [0.1, 0.15) is 0 Å². The lowest BCUT2D eigenvalue weighted by Crippen LogP contribution is -1.85. The van der Waals surface area contributed by atoms with E-state index in [-0.39, 0.29) is 13.2 Å². The summed E-state index contributed by atoms with van der Waals surface area (Å²) in [4.78, 5) is 0. The fourth-order valence-corrected chi connectivity index (χ4v) is 0. The van der Waals surface area contributed by atoms with Gasteiger partial charge in [0.05, 0.1) is 19.5 Å². The first-order valence-electron chi connectivity index (χ1n) is 1.80. The third-order valence-corrected chi connectivity index (χ3v) is 0.1000. The Bertz CT molecular complexity index is 26.1. The molecule has 0 aliphatic heterocycles. The summed E-state index contributed by atoms with van der Waals surface area (Å²) in [5, 5.41) is 22.6. The van der Waals surface area contributed by atoms with E-state index >= 15 is 0 Å². The Labute approximate surface area is 42.5 Å². The van der Waals surface area contributed by atoms with Crippen molar-refractivity contribution < 1.29 is 15.3 Å². The minimum absolute atomic E-state index is 0.125. The number of rotatable bonds is 1. The topological polar surface area (TPSA) is 60.7 Å². The Balaban J connectivity index is 0. The van der Waals surface area contributed by atoms with Crippen molar-refractivity contribution in [2.24, 2.45) is 0 Å². The quantitative estimate of drug-likeness (QED) is 0.401. The van der Waals surface area contributed by atoms with Crippen LogP contribution in [0.3, 0.4) is 0 Å². The van der Waals surface area contributed by atoms with E-state index in [1.807, 2.05) is 0 Å². The average Bonchev–Trinajstić information content (AvgIpc) is 1.69. The monoisotopic (exact) mass is 106 g/mol. The number of aliphatic hydroxyl groups is 3. The number of hydrogen-bond donors (Lipinski definition) is 3. The molecule has 3 heteroatoms. The molecule has 0 bridgehead atoms. The smallest absolute Gasteiger partial charge is 0.0719 e. The molecule has 0 unspecified atom stereocenters. The molecule has 3 N–H and O–H groups in total. The first-order valence-corrected chi connectivity index (χ1v) is 1.80. The summed E-state index contributed by atoms with van der Waals surface area (Å²) in [6.07, 6.45) is 0.750. The molecule has 0 fully saturated rings. The molecule has 0 radical (unpaired) electrons. The van der Waals surface area contributed by atoms with Crippen LogP contribution >= 0.6 is 0 Å². The molecular weight excluding hydrogens is 96.0 g/mol. The van der Waals surface area contributed by atoms with Crippen molar-refractivity contribution in [3.05, 3.63) is 12.8 Å². The van der Waals surface area contributed by atoms with Gasteiger partial charge in [-0.2, -0.15) is 0 Å². The summed E-state index contributed by atoms with van der Waals surface area (Å²) >= 11 is 0. The van der Waals surface area contributed by atoms with Crippen LogP contribution in [0, 0.1) is 0 Å². The van der Waals surface area contributed by atoms with E-state index in [1.54, 1.807) is 0 Å². The Kier molecular flexibility index (Phi) is 24.8. The second-order valence-corrected chi connectivity index (χ2v) is 0.630. The first-order chi connectivity index (χ1) is 3.33. The van der Waals surface area contributed by atoms with Gasteiger partial charge >= 0.3 is 0 Å². The highest BCUT2D eigenvalue weighted by Gasteiger charge is 1.58. The van der Waals surface area contributed by atoms with Gasteiger partial charge in [-0.05, 0) is 0 Å². The fourth-order valence-electron chi connectivity index (χ4n) is 0. The lowest BCUT2D eigenvalue weighted by Gasteiger charge is -1.70. The minimum Gasteiger partial charge on any atom is -0.516 e. The molecule has 3 nitrogen and oxygen atoms in total. The van der Waals surface area contributed by atoms with Gasteiger partial charge in [0.15, 0.2) is 0 Å². The summed E-state index contributed by atoms with van der Waals surface area (Å²) in [5.74, 6) is 0. The molecule has 7 heavy (non-hydrogen) atoms. The van der Waals surface area contributed by atoms with E-state index < -0.39 is 0 Å². The zero-order valence-electron chi connectivity index (χ0n) is 4.04. The molecule has 0 spiro atoms. The maximum Gasteiger partial charge on any atom is 0.0719 e.